The zero-order chi connectivity index (χ0) is 23.5. The monoisotopic (exact) mass is 493 g/mol. The standard InChI is InChI=1S/C32H33NP2/c1-5-13-29-25(9-1)21-34(22-26-10-2-6-14-30(26)29)19-17-33-18-20-35-23-27-11-3-7-15-31(27)32-16-8-4-12-28(32)24-35/h1-16,33H,17-24H2. The molecule has 0 spiro atoms. The molecule has 0 saturated carbocycles. The molecule has 0 saturated heterocycles. The molecule has 1 N–H and O–H groups in total. The van der Waals surface area contributed by atoms with Crippen LogP contribution in [0.2, 0.25) is 0 Å². The minimum atomic E-state index is -0.0336. The van der Waals surface area contributed by atoms with E-state index in [2.05, 4.69) is 102 Å². The minimum absolute atomic E-state index is 0.0336. The van der Waals surface area contributed by atoms with E-state index in [4.69, 9.17) is 0 Å². The fraction of sp³-hybridized carbons (Fsp3) is 0.250. The van der Waals surface area contributed by atoms with Crippen LogP contribution >= 0.6 is 15.8 Å². The zero-order valence-electron chi connectivity index (χ0n) is 20.3. The van der Waals surface area contributed by atoms with Crippen molar-refractivity contribution in [3.8, 4) is 22.3 Å². The average Bonchev–Trinajstić information content (AvgIpc) is 3.16. The molecule has 2 aliphatic heterocycles. The maximum atomic E-state index is 3.85. The summed E-state index contributed by atoms with van der Waals surface area (Å²) in [5.74, 6) is 0. The maximum absolute atomic E-state index is 3.85. The van der Waals surface area contributed by atoms with E-state index in [-0.39, 0.29) is 15.8 Å². The van der Waals surface area contributed by atoms with Crippen LogP contribution in [0.25, 0.3) is 22.3 Å². The Hall–Kier alpha value is -2.30. The third-order valence-electron chi connectivity index (χ3n) is 7.44. The van der Waals surface area contributed by atoms with E-state index in [1.54, 1.807) is 22.3 Å². The van der Waals surface area contributed by atoms with Crippen molar-refractivity contribution in [3.63, 3.8) is 0 Å². The fourth-order valence-electron chi connectivity index (χ4n) is 5.67. The average molecular weight is 494 g/mol. The first kappa shape index (κ1) is 23.1. The molecule has 4 aromatic carbocycles. The second-order valence-corrected chi connectivity index (χ2v) is 14.6. The van der Waals surface area contributed by atoms with Crippen LogP contribution in [0.4, 0.5) is 0 Å². The molecule has 0 aliphatic carbocycles. The smallest absolute Gasteiger partial charge is 0.000914 e. The maximum Gasteiger partial charge on any atom is -0.000914 e. The molecule has 0 atom stereocenters. The molecule has 0 amide bonds. The molecule has 3 heteroatoms. The summed E-state index contributed by atoms with van der Waals surface area (Å²) in [7, 11) is -0.0671. The van der Waals surface area contributed by atoms with E-state index in [1.807, 2.05) is 0 Å². The highest BCUT2D eigenvalue weighted by Crippen LogP contribution is 2.50. The van der Waals surface area contributed by atoms with Gasteiger partial charge in [0.2, 0.25) is 0 Å². The quantitative estimate of drug-likeness (QED) is 0.210. The summed E-state index contributed by atoms with van der Waals surface area (Å²) >= 11 is 0. The zero-order valence-corrected chi connectivity index (χ0v) is 22.1. The number of fused-ring (bicyclic) bond motifs is 6. The molecule has 35 heavy (non-hydrogen) atoms. The summed E-state index contributed by atoms with van der Waals surface area (Å²) in [5.41, 5.74) is 12.0. The molecule has 4 aromatic rings. The molecule has 1 nitrogen and oxygen atoms in total. The predicted molar refractivity (Wildman–Crippen MR) is 155 cm³/mol. The summed E-state index contributed by atoms with van der Waals surface area (Å²) in [4.78, 5) is 0. The van der Waals surface area contributed by atoms with Crippen molar-refractivity contribution in [1.82, 2.24) is 5.32 Å². The van der Waals surface area contributed by atoms with Crippen LogP contribution in [-0.2, 0) is 24.6 Å². The van der Waals surface area contributed by atoms with Crippen LogP contribution in [0.3, 0.4) is 0 Å². The molecule has 0 fully saturated rings. The number of hydrogen-bond donors (Lipinski definition) is 1. The van der Waals surface area contributed by atoms with Gasteiger partial charge in [0.1, 0.15) is 0 Å². The summed E-state index contributed by atoms with van der Waals surface area (Å²) in [5, 5.41) is 3.85. The third-order valence-corrected chi connectivity index (χ3v) is 12.3. The Kier molecular flexibility index (Phi) is 7.11. The predicted octanol–water partition coefficient (Wildman–Crippen LogP) is 8.30. The molecular weight excluding hydrogens is 460 g/mol. The van der Waals surface area contributed by atoms with Crippen LogP contribution in [0, 0.1) is 0 Å². The minimum Gasteiger partial charge on any atom is -0.316 e. The first-order valence-electron chi connectivity index (χ1n) is 12.8. The van der Waals surface area contributed by atoms with Gasteiger partial charge in [-0.15, -0.1) is 0 Å². The van der Waals surface area contributed by atoms with Crippen molar-refractivity contribution in [1.29, 1.82) is 0 Å². The van der Waals surface area contributed by atoms with Gasteiger partial charge < -0.3 is 5.32 Å². The number of nitrogens with one attached hydrogen (secondary N) is 1. The van der Waals surface area contributed by atoms with Gasteiger partial charge in [0.15, 0.2) is 0 Å². The molecule has 0 radical (unpaired) electrons. The lowest BCUT2D eigenvalue weighted by Crippen LogP contribution is -2.21. The van der Waals surface area contributed by atoms with Crippen LogP contribution in [-0.4, -0.2) is 25.4 Å². The first-order valence-corrected chi connectivity index (χ1v) is 16.6. The van der Waals surface area contributed by atoms with Gasteiger partial charge in [-0.25, -0.2) is 0 Å². The van der Waals surface area contributed by atoms with Crippen molar-refractivity contribution in [2.75, 3.05) is 25.4 Å². The Morgan fingerprint density at radius 3 is 1.03 bits per heavy atom. The van der Waals surface area contributed by atoms with E-state index in [1.165, 1.54) is 59.2 Å². The topological polar surface area (TPSA) is 12.0 Å². The molecule has 6 rings (SSSR count). The molecular formula is C32H33NP2. The van der Waals surface area contributed by atoms with Crippen molar-refractivity contribution in [2.45, 2.75) is 24.6 Å². The lowest BCUT2D eigenvalue weighted by Gasteiger charge is -2.19. The number of benzene rings is 4. The van der Waals surface area contributed by atoms with Gasteiger partial charge in [0.05, 0.1) is 0 Å². The van der Waals surface area contributed by atoms with Crippen LogP contribution in [0.15, 0.2) is 97.1 Å². The van der Waals surface area contributed by atoms with E-state index < -0.39 is 0 Å². The Balaban J connectivity index is 1.06. The number of rotatable bonds is 6. The summed E-state index contributed by atoms with van der Waals surface area (Å²) in [6.45, 7) is 2.29. The fourth-order valence-corrected chi connectivity index (χ4v) is 10.5. The molecule has 0 bridgehead atoms. The van der Waals surface area contributed by atoms with Crippen molar-refractivity contribution < 1.29 is 0 Å². The Morgan fingerprint density at radius 1 is 0.429 bits per heavy atom. The largest absolute Gasteiger partial charge is 0.316 e. The van der Waals surface area contributed by atoms with Crippen LogP contribution < -0.4 is 5.32 Å². The Morgan fingerprint density at radius 2 is 0.714 bits per heavy atom. The van der Waals surface area contributed by atoms with Crippen molar-refractivity contribution in [3.05, 3.63) is 119 Å². The molecule has 0 unspecified atom stereocenters. The highest BCUT2D eigenvalue weighted by Gasteiger charge is 2.21. The van der Waals surface area contributed by atoms with Crippen molar-refractivity contribution in [2.24, 2.45) is 0 Å². The van der Waals surface area contributed by atoms with Crippen molar-refractivity contribution >= 4 is 15.8 Å². The number of hydrogen-bond acceptors (Lipinski definition) is 1. The Labute approximate surface area is 212 Å². The van der Waals surface area contributed by atoms with E-state index >= 15 is 0 Å². The third kappa shape index (κ3) is 5.15. The second-order valence-electron chi connectivity index (χ2n) is 9.80. The summed E-state index contributed by atoms with van der Waals surface area (Å²) in [6.07, 6.45) is 7.62. The SMILES string of the molecule is c1ccc2c(c1)CP(CCNCCP1Cc3ccccc3-c3ccccc3C1)Cc1ccccc1-2. The second kappa shape index (κ2) is 10.8. The van der Waals surface area contributed by atoms with Gasteiger partial charge in [-0.1, -0.05) is 113 Å². The first-order chi connectivity index (χ1) is 17.3. The van der Waals surface area contributed by atoms with Gasteiger partial charge >= 0.3 is 0 Å². The lowest BCUT2D eigenvalue weighted by atomic mass is 9.97. The van der Waals surface area contributed by atoms with Gasteiger partial charge in [-0.3, -0.25) is 0 Å². The Bertz CT molecular complexity index is 1120. The van der Waals surface area contributed by atoms with E-state index in [0.29, 0.717) is 0 Å². The highest BCUT2D eigenvalue weighted by molar-refractivity contribution is 7.56. The van der Waals surface area contributed by atoms with E-state index in [9.17, 15) is 0 Å². The normalized spacial score (nSPS) is 15.3. The summed E-state index contributed by atoms with van der Waals surface area (Å²) in [6, 6.07) is 36.3. The molecule has 176 valence electrons. The highest BCUT2D eigenvalue weighted by atomic mass is 31.1. The molecule has 2 heterocycles. The summed E-state index contributed by atoms with van der Waals surface area (Å²) < 4.78 is 0. The van der Waals surface area contributed by atoms with E-state index in [0.717, 1.165) is 13.1 Å². The molecule has 2 aliphatic rings. The van der Waals surface area contributed by atoms with Gasteiger partial charge in [-0.05, 0) is 94.6 Å². The van der Waals surface area contributed by atoms with Gasteiger partial charge in [0, 0.05) is 0 Å². The lowest BCUT2D eigenvalue weighted by molar-refractivity contribution is 0.767. The van der Waals surface area contributed by atoms with Crippen LogP contribution in [0.1, 0.15) is 22.3 Å². The van der Waals surface area contributed by atoms with Gasteiger partial charge in [0.25, 0.3) is 0 Å². The van der Waals surface area contributed by atoms with Gasteiger partial charge in [-0.2, -0.15) is 0 Å². The van der Waals surface area contributed by atoms with Crippen LogP contribution in [0.5, 0.6) is 0 Å². The molecule has 0 aromatic heterocycles.